The molecule has 0 bridgehead atoms. The first-order valence-electron chi connectivity index (χ1n) is 5.74. The molecule has 1 aromatic heterocycles. The zero-order valence-electron chi connectivity index (χ0n) is 11.1. The van der Waals surface area contributed by atoms with Gasteiger partial charge in [0.25, 0.3) is 0 Å². The minimum atomic E-state index is -0.604. The van der Waals surface area contributed by atoms with E-state index in [0.717, 1.165) is 6.07 Å². The Balaban J connectivity index is 2.49. The number of nitro benzene ring substituents is 1. The molecule has 0 aliphatic heterocycles. The van der Waals surface area contributed by atoms with Gasteiger partial charge in [0.05, 0.1) is 20.5 Å². The van der Waals surface area contributed by atoms with Crippen LogP contribution >= 0.6 is 23.2 Å². The molecule has 0 spiro atoms. The highest BCUT2D eigenvalue weighted by Gasteiger charge is 2.20. The summed E-state index contributed by atoms with van der Waals surface area (Å²) >= 11 is 11.7. The van der Waals surface area contributed by atoms with Crippen molar-refractivity contribution >= 4 is 34.7 Å². The predicted octanol–water partition coefficient (Wildman–Crippen LogP) is 3.83. The van der Waals surface area contributed by atoms with Gasteiger partial charge in [-0.2, -0.15) is 0 Å². The van der Waals surface area contributed by atoms with E-state index in [1.54, 1.807) is 14.0 Å². The maximum absolute atomic E-state index is 11.1. The minimum Gasteiger partial charge on any atom is -0.431 e. The van der Waals surface area contributed by atoms with Crippen molar-refractivity contribution in [1.29, 1.82) is 0 Å². The summed E-state index contributed by atoms with van der Waals surface area (Å²) in [5.74, 6) is 0.705. The fraction of sp³-hybridized carbons (Fsp3) is 0.167. The van der Waals surface area contributed by atoms with Crippen molar-refractivity contribution in [2.45, 2.75) is 6.92 Å². The van der Waals surface area contributed by atoms with Crippen LogP contribution in [0.4, 0.5) is 11.5 Å². The zero-order valence-corrected chi connectivity index (χ0v) is 12.6. The van der Waals surface area contributed by atoms with Crippen molar-refractivity contribution in [3.63, 3.8) is 0 Å². The largest absolute Gasteiger partial charge is 0.431 e. The van der Waals surface area contributed by atoms with Crippen molar-refractivity contribution < 1.29 is 9.66 Å². The molecular formula is C12H10Cl2N4O3. The Morgan fingerprint density at radius 2 is 1.95 bits per heavy atom. The number of rotatable bonds is 4. The quantitative estimate of drug-likeness (QED) is 0.677. The first kappa shape index (κ1) is 15.3. The Morgan fingerprint density at radius 3 is 2.57 bits per heavy atom. The van der Waals surface area contributed by atoms with Gasteiger partial charge in [0, 0.05) is 19.2 Å². The lowest BCUT2D eigenvalue weighted by Gasteiger charge is -2.10. The van der Waals surface area contributed by atoms with Crippen LogP contribution in [-0.2, 0) is 0 Å². The van der Waals surface area contributed by atoms with E-state index in [2.05, 4.69) is 15.3 Å². The number of aromatic nitrogens is 2. The van der Waals surface area contributed by atoms with Crippen LogP contribution in [0, 0.1) is 17.0 Å². The molecule has 2 aromatic rings. The lowest BCUT2D eigenvalue weighted by molar-refractivity contribution is -0.385. The van der Waals surface area contributed by atoms with E-state index in [4.69, 9.17) is 27.9 Å². The van der Waals surface area contributed by atoms with Gasteiger partial charge in [-0.15, -0.1) is 0 Å². The summed E-state index contributed by atoms with van der Waals surface area (Å²) in [6.45, 7) is 1.73. The molecular weight excluding hydrogens is 319 g/mol. The van der Waals surface area contributed by atoms with E-state index in [9.17, 15) is 10.1 Å². The average Bonchev–Trinajstić information content (AvgIpc) is 2.44. The van der Waals surface area contributed by atoms with Crippen LogP contribution in [0.2, 0.25) is 10.0 Å². The molecule has 7 nitrogen and oxygen atoms in total. The zero-order chi connectivity index (χ0) is 15.6. The highest BCUT2D eigenvalue weighted by molar-refractivity contribution is 6.42. The molecule has 0 aliphatic rings. The highest BCUT2D eigenvalue weighted by Crippen LogP contribution is 2.38. The van der Waals surface area contributed by atoms with E-state index in [1.165, 1.54) is 12.4 Å². The van der Waals surface area contributed by atoms with Crippen molar-refractivity contribution in [2.75, 3.05) is 12.4 Å². The predicted molar refractivity (Wildman–Crippen MR) is 79.5 cm³/mol. The molecule has 110 valence electrons. The van der Waals surface area contributed by atoms with E-state index in [0.29, 0.717) is 11.4 Å². The highest BCUT2D eigenvalue weighted by atomic mass is 35.5. The molecule has 1 heterocycles. The van der Waals surface area contributed by atoms with Gasteiger partial charge in [-0.05, 0) is 6.92 Å². The van der Waals surface area contributed by atoms with Crippen LogP contribution in [0.5, 0.6) is 11.6 Å². The van der Waals surface area contributed by atoms with Crippen LogP contribution in [0.25, 0.3) is 0 Å². The van der Waals surface area contributed by atoms with Crippen LogP contribution in [0.15, 0.2) is 18.5 Å². The van der Waals surface area contributed by atoms with Crippen LogP contribution in [0.1, 0.15) is 5.56 Å². The number of nitrogens with zero attached hydrogens (tertiary/aromatic N) is 3. The Bertz CT molecular complexity index is 709. The minimum absolute atomic E-state index is 0.0433. The molecule has 21 heavy (non-hydrogen) atoms. The summed E-state index contributed by atoms with van der Waals surface area (Å²) in [5.41, 5.74) is 0.314. The summed E-state index contributed by atoms with van der Waals surface area (Å²) in [6, 6.07) is 2.41. The van der Waals surface area contributed by atoms with Gasteiger partial charge in [-0.1, -0.05) is 23.2 Å². The van der Waals surface area contributed by atoms with E-state index >= 15 is 0 Å². The molecule has 0 unspecified atom stereocenters. The first-order valence-corrected chi connectivity index (χ1v) is 6.50. The number of nitrogens with one attached hydrogen (secondary N) is 1. The fourth-order valence-electron chi connectivity index (χ4n) is 1.64. The van der Waals surface area contributed by atoms with Gasteiger partial charge in [-0.3, -0.25) is 10.1 Å². The molecule has 0 fully saturated rings. The van der Waals surface area contributed by atoms with Crippen LogP contribution in [0.3, 0.4) is 0 Å². The third kappa shape index (κ3) is 3.14. The number of ether oxygens (including phenoxy) is 1. The lowest BCUT2D eigenvalue weighted by atomic mass is 10.3. The summed E-state index contributed by atoms with van der Waals surface area (Å²) in [5, 5.41) is 14.2. The van der Waals surface area contributed by atoms with Crippen molar-refractivity contribution in [2.24, 2.45) is 0 Å². The second-order valence-corrected chi connectivity index (χ2v) is 4.81. The number of halogens is 2. The van der Waals surface area contributed by atoms with Gasteiger partial charge in [0.2, 0.25) is 11.6 Å². The summed E-state index contributed by atoms with van der Waals surface area (Å²) in [4.78, 5) is 18.4. The SMILES string of the molecule is CNc1ncnc(Oc2cc(Cl)c(Cl)cc2[N+](=O)[O-])c1C. The van der Waals surface area contributed by atoms with Gasteiger partial charge < -0.3 is 10.1 Å². The van der Waals surface area contributed by atoms with Crippen molar-refractivity contribution in [1.82, 2.24) is 9.97 Å². The number of benzene rings is 1. The summed E-state index contributed by atoms with van der Waals surface area (Å²) < 4.78 is 5.50. The van der Waals surface area contributed by atoms with Crippen LogP contribution < -0.4 is 10.1 Å². The third-order valence-electron chi connectivity index (χ3n) is 2.68. The Hall–Kier alpha value is -2.12. The van der Waals surface area contributed by atoms with Gasteiger partial charge in [0.15, 0.2) is 0 Å². The Labute approximate surface area is 130 Å². The van der Waals surface area contributed by atoms with Crippen molar-refractivity contribution in [3.05, 3.63) is 44.2 Å². The second-order valence-electron chi connectivity index (χ2n) is 4.00. The van der Waals surface area contributed by atoms with Gasteiger partial charge in [0.1, 0.15) is 12.1 Å². The lowest BCUT2D eigenvalue weighted by Crippen LogP contribution is -2.01. The van der Waals surface area contributed by atoms with E-state index < -0.39 is 4.92 Å². The van der Waals surface area contributed by atoms with Gasteiger partial charge in [-0.25, -0.2) is 9.97 Å². The van der Waals surface area contributed by atoms with Gasteiger partial charge >= 0.3 is 5.69 Å². The molecule has 0 saturated carbocycles. The maximum Gasteiger partial charge on any atom is 0.313 e. The Kier molecular flexibility index (Phi) is 4.44. The van der Waals surface area contributed by atoms with Crippen molar-refractivity contribution in [3.8, 4) is 11.6 Å². The molecule has 2 rings (SSSR count). The number of hydrogen-bond acceptors (Lipinski definition) is 6. The number of hydrogen-bond donors (Lipinski definition) is 1. The fourth-order valence-corrected chi connectivity index (χ4v) is 1.95. The molecule has 0 radical (unpaired) electrons. The Morgan fingerprint density at radius 1 is 1.29 bits per heavy atom. The monoisotopic (exact) mass is 328 g/mol. The maximum atomic E-state index is 11.1. The second kappa shape index (κ2) is 6.11. The molecule has 9 heteroatoms. The first-order chi connectivity index (χ1) is 9.93. The average molecular weight is 329 g/mol. The number of anilines is 1. The molecule has 1 aromatic carbocycles. The smallest absolute Gasteiger partial charge is 0.313 e. The van der Waals surface area contributed by atoms with Crippen LogP contribution in [-0.4, -0.2) is 21.9 Å². The topological polar surface area (TPSA) is 90.2 Å². The van der Waals surface area contributed by atoms with E-state index in [-0.39, 0.29) is 27.4 Å². The van der Waals surface area contributed by atoms with E-state index in [1.807, 2.05) is 0 Å². The standard InChI is InChI=1S/C12H10Cl2N4O3/c1-6-11(15-2)16-5-17-12(6)21-10-4-8(14)7(13)3-9(10)18(19)20/h3-5H,1-2H3,(H,15,16,17). The molecule has 0 amide bonds. The summed E-state index contributed by atoms with van der Waals surface area (Å²) in [6.07, 6.45) is 1.29. The molecule has 0 saturated heterocycles. The summed E-state index contributed by atoms with van der Waals surface area (Å²) in [7, 11) is 1.70. The number of nitro groups is 1. The molecule has 0 aliphatic carbocycles. The normalized spacial score (nSPS) is 10.3. The molecule has 1 N–H and O–H groups in total. The molecule has 0 atom stereocenters. The third-order valence-corrected chi connectivity index (χ3v) is 3.40.